The van der Waals surface area contributed by atoms with Crippen LogP contribution in [-0.4, -0.2) is 31.0 Å². The molecule has 0 fully saturated rings. The number of sulfonamides is 1. The lowest BCUT2D eigenvalue weighted by molar-refractivity contribution is 0.0529. The number of pyridine rings is 1. The van der Waals surface area contributed by atoms with E-state index in [2.05, 4.69) is 14.7 Å². The van der Waals surface area contributed by atoms with E-state index in [1.165, 1.54) is 24.4 Å². The summed E-state index contributed by atoms with van der Waals surface area (Å²) in [5.74, 6) is -0.596. The zero-order chi connectivity index (χ0) is 21.5. The molecule has 0 unspecified atom stereocenters. The number of ether oxygens (including phenoxy) is 1. The topological polar surface area (TPSA) is 121 Å². The number of benzene rings is 2. The van der Waals surface area contributed by atoms with Crippen LogP contribution >= 0.6 is 0 Å². The van der Waals surface area contributed by atoms with Crippen LogP contribution in [0.3, 0.4) is 0 Å². The van der Waals surface area contributed by atoms with E-state index in [9.17, 15) is 18.0 Å². The van der Waals surface area contributed by atoms with Crippen molar-refractivity contribution in [3.8, 4) is 0 Å². The Labute approximate surface area is 171 Å². The summed E-state index contributed by atoms with van der Waals surface area (Å²) in [6, 6.07) is 11.3. The van der Waals surface area contributed by atoms with Crippen LogP contribution in [0.15, 0.2) is 58.4 Å². The molecule has 30 heavy (non-hydrogen) atoms. The first-order valence-corrected chi connectivity index (χ1v) is 10.7. The van der Waals surface area contributed by atoms with Crippen molar-refractivity contribution in [1.82, 2.24) is 9.97 Å². The van der Waals surface area contributed by atoms with Gasteiger partial charge in [0.15, 0.2) is 0 Å². The molecular formula is C21H19N3O5S. The fourth-order valence-electron chi connectivity index (χ4n) is 3.28. The predicted molar refractivity (Wildman–Crippen MR) is 114 cm³/mol. The lowest BCUT2D eigenvalue weighted by Crippen LogP contribution is -2.13. The van der Waals surface area contributed by atoms with Crippen molar-refractivity contribution in [2.75, 3.05) is 11.3 Å². The second-order valence-corrected chi connectivity index (χ2v) is 8.49. The Morgan fingerprint density at radius 3 is 2.57 bits per heavy atom. The number of aromatic nitrogens is 2. The van der Waals surface area contributed by atoms with Crippen molar-refractivity contribution >= 4 is 43.5 Å². The van der Waals surface area contributed by atoms with Gasteiger partial charge in [0.2, 0.25) is 0 Å². The van der Waals surface area contributed by atoms with Crippen LogP contribution in [0.25, 0.3) is 21.8 Å². The number of aromatic amines is 2. The molecule has 0 saturated heterocycles. The number of fused-ring (bicyclic) bond motifs is 3. The Morgan fingerprint density at radius 1 is 1.13 bits per heavy atom. The minimum absolute atomic E-state index is 0.0000622. The number of esters is 1. The molecular weight excluding hydrogens is 406 g/mol. The summed E-state index contributed by atoms with van der Waals surface area (Å²) >= 11 is 0. The van der Waals surface area contributed by atoms with Crippen molar-refractivity contribution in [2.24, 2.45) is 0 Å². The molecule has 2 aromatic carbocycles. The van der Waals surface area contributed by atoms with Gasteiger partial charge < -0.3 is 14.7 Å². The number of aryl methyl sites for hydroxylation is 1. The Kier molecular flexibility index (Phi) is 4.83. The second kappa shape index (κ2) is 7.34. The van der Waals surface area contributed by atoms with Crippen LogP contribution in [0, 0.1) is 6.92 Å². The van der Waals surface area contributed by atoms with Gasteiger partial charge in [-0.25, -0.2) is 13.2 Å². The molecule has 0 aliphatic rings. The SMILES string of the molecule is CCOC(=O)c1c[nH]c2c(=O)[nH]c3ccc(S(=O)(=O)Nc4ccc(C)cc4)cc3c12. The molecule has 0 atom stereocenters. The molecule has 3 N–H and O–H groups in total. The normalized spacial score (nSPS) is 11.7. The number of hydrogen-bond acceptors (Lipinski definition) is 5. The number of rotatable bonds is 5. The third-order valence-electron chi connectivity index (χ3n) is 4.73. The molecule has 4 aromatic rings. The second-order valence-electron chi connectivity index (χ2n) is 6.81. The third-order valence-corrected chi connectivity index (χ3v) is 6.10. The summed E-state index contributed by atoms with van der Waals surface area (Å²) < 4.78 is 33.4. The number of nitrogens with one attached hydrogen (secondary N) is 3. The van der Waals surface area contributed by atoms with Gasteiger partial charge in [-0.2, -0.15) is 0 Å². The first kappa shape index (κ1) is 19.7. The van der Waals surface area contributed by atoms with E-state index < -0.39 is 21.6 Å². The smallest absolute Gasteiger partial charge is 0.340 e. The number of hydrogen-bond donors (Lipinski definition) is 3. The van der Waals surface area contributed by atoms with Crippen molar-refractivity contribution in [3.05, 3.63) is 70.1 Å². The Morgan fingerprint density at radius 2 is 1.87 bits per heavy atom. The molecule has 9 heteroatoms. The summed E-state index contributed by atoms with van der Waals surface area (Å²) in [5.41, 5.74) is 1.78. The highest BCUT2D eigenvalue weighted by atomic mass is 32.2. The molecule has 2 heterocycles. The summed E-state index contributed by atoms with van der Waals surface area (Å²) in [5, 5.41) is 0.736. The fourth-order valence-corrected chi connectivity index (χ4v) is 4.36. The highest BCUT2D eigenvalue weighted by Gasteiger charge is 2.21. The molecule has 0 spiro atoms. The van der Waals surface area contributed by atoms with Crippen LogP contribution < -0.4 is 10.3 Å². The van der Waals surface area contributed by atoms with E-state index in [-0.39, 0.29) is 22.6 Å². The number of H-pyrrole nitrogens is 2. The zero-order valence-corrected chi connectivity index (χ0v) is 17.1. The fraction of sp³-hybridized carbons (Fsp3) is 0.143. The van der Waals surface area contributed by atoms with Gasteiger partial charge in [0.25, 0.3) is 15.6 Å². The summed E-state index contributed by atoms with van der Waals surface area (Å²) in [4.78, 5) is 30.2. The van der Waals surface area contributed by atoms with Gasteiger partial charge in [0.1, 0.15) is 5.52 Å². The average molecular weight is 425 g/mol. The van der Waals surface area contributed by atoms with Crippen LogP contribution in [0.2, 0.25) is 0 Å². The molecule has 0 aliphatic heterocycles. The summed E-state index contributed by atoms with van der Waals surface area (Å²) in [7, 11) is -3.89. The minimum Gasteiger partial charge on any atom is -0.462 e. The maximum absolute atomic E-state index is 12.9. The molecule has 0 aliphatic carbocycles. The maximum Gasteiger partial charge on any atom is 0.340 e. The lowest BCUT2D eigenvalue weighted by Gasteiger charge is -2.10. The Balaban J connectivity index is 1.88. The van der Waals surface area contributed by atoms with Crippen LogP contribution in [-0.2, 0) is 14.8 Å². The highest BCUT2D eigenvalue weighted by molar-refractivity contribution is 7.92. The van der Waals surface area contributed by atoms with E-state index in [1.54, 1.807) is 31.2 Å². The van der Waals surface area contributed by atoms with E-state index in [4.69, 9.17) is 4.74 Å². The summed E-state index contributed by atoms with van der Waals surface area (Å²) in [6.07, 6.45) is 1.39. The average Bonchev–Trinajstić information content (AvgIpc) is 3.16. The standard InChI is InChI=1S/C21H19N3O5S/c1-3-29-21(26)16-11-22-19-18(16)15-10-14(8-9-17(15)23-20(19)25)30(27,28)24-13-6-4-12(2)5-7-13/h4-11,22,24H,3H2,1-2H3,(H,23,25). The van der Waals surface area contributed by atoms with Crippen LogP contribution in [0.5, 0.6) is 0 Å². The van der Waals surface area contributed by atoms with Gasteiger partial charge in [-0.1, -0.05) is 17.7 Å². The van der Waals surface area contributed by atoms with Crippen LogP contribution in [0.4, 0.5) is 5.69 Å². The lowest BCUT2D eigenvalue weighted by atomic mass is 10.1. The van der Waals surface area contributed by atoms with Gasteiger partial charge in [0.05, 0.1) is 17.1 Å². The quantitative estimate of drug-likeness (QED) is 0.424. The molecule has 154 valence electrons. The molecule has 0 radical (unpaired) electrons. The highest BCUT2D eigenvalue weighted by Crippen LogP contribution is 2.28. The largest absolute Gasteiger partial charge is 0.462 e. The molecule has 8 nitrogen and oxygen atoms in total. The van der Waals surface area contributed by atoms with Crippen molar-refractivity contribution in [3.63, 3.8) is 0 Å². The maximum atomic E-state index is 12.9. The van der Waals surface area contributed by atoms with Crippen molar-refractivity contribution in [2.45, 2.75) is 18.7 Å². The van der Waals surface area contributed by atoms with Gasteiger partial charge in [-0.05, 0) is 44.2 Å². The molecule has 0 bridgehead atoms. The summed E-state index contributed by atoms with van der Waals surface area (Å²) in [6.45, 7) is 3.76. The molecule has 0 amide bonds. The van der Waals surface area contributed by atoms with E-state index in [0.29, 0.717) is 22.0 Å². The van der Waals surface area contributed by atoms with E-state index >= 15 is 0 Å². The minimum atomic E-state index is -3.89. The number of anilines is 1. The van der Waals surface area contributed by atoms with E-state index in [1.807, 2.05) is 6.92 Å². The third kappa shape index (κ3) is 3.43. The van der Waals surface area contributed by atoms with Gasteiger partial charge in [-0.15, -0.1) is 0 Å². The Bertz CT molecular complexity index is 1430. The van der Waals surface area contributed by atoms with E-state index in [0.717, 1.165) is 5.56 Å². The molecule has 4 rings (SSSR count). The van der Waals surface area contributed by atoms with Crippen LogP contribution in [0.1, 0.15) is 22.8 Å². The van der Waals surface area contributed by atoms with Crippen molar-refractivity contribution in [1.29, 1.82) is 0 Å². The molecule has 2 aromatic heterocycles. The predicted octanol–water partition coefficient (Wildman–Crippen LogP) is 3.30. The number of carbonyl (C=O) groups is 1. The Hall–Kier alpha value is -3.59. The first-order chi connectivity index (χ1) is 14.3. The van der Waals surface area contributed by atoms with Gasteiger partial charge >= 0.3 is 5.97 Å². The monoisotopic (exact) mass is 425 g/mol. The van der Waals surface area contributed by atoms with Gasteiger partial charge in [0, 0.05) is 28.2 Å². The number of carbonyl (C=O) groups excluding carboxylic acids is 1. The van der Waals surface area contributed by atoms with Gasteiger partial charge in [-0.3, -0.25) is 9.52 Å². The van der Waals surface area contributed by atoms with Crippen molar-refractivity contribution < 1.29 is 17.9 Å². The first-order valence-electron chi connectivity index (χ1n) is 9.24. The molecule has 0 saturated carbocycles. The zero-order valence-electron chi connectivity index (χ0n) is 16.3.